The maximum atomic E-state index is 12.1. The van der Waals surface area contributed by atoms with Gasteiger partial charge in [0.05, 0.1) is 36.5 Å². The van der Waals surface area contributed by atoms with Gasteiger partial charge in [-0.1, -0.05) is 53.1 Å². The highest BCUT2D eigenvalue weighted by Gasteiger charge is 2.20. The average Bonchev–Trinajstić information content (AvgIpc) is 3.07. The van der Waals surface area contributed by atoms with Gasteiger partial charge in [-0.3, -0.25) is 0 Å². The highest BCUT2D eigenvalue weighted by Crippen LogP contribution is 2.13. The maximum Gasteiger partial charge on any atom is 0.549 e. The van der Waals surface area contributed by atoms with Crippen LogP contribution in [-0.2, 0) is 43.5 Å². The van der Waals surface area contributed by atoms with Crippen molar-refractivity contribution in [3.63, 3.8) is 0 Å². The van der Waals surface area contributed by atoms with Gasteiger partial charge < -0.3 is 14.2 Å². The predicted molar refractivity (Wildman–Crippen MR) is 160 cm³/mol. The van der Waals surface area contributed by atoms with Crippen LogP contribution in [0.3, 0.4) is 0 Å². The second-order valence-corrected chi connectivity index (χ2v) is 10.2. The monoisotopic (exact) mass is 668 g/mol. The lowest BCUT2D eigenvalue weighted by Gasteiger charge is -2.16. The molecule has 0 radical (unpaired) electrons. The van der Waals surface area contributed by atoms with Crippen LogP contribution in [0.4, 0.5) is 14.4 Å². The molecule has 0 atom stereocenters. The smallest absolute Gasteiger partial charge is 0.432 e. The summed E-state index contributed by atoms with van der Waals surface area (Å²) in [4.78, 5) is 98.7. The summed E-state index contributed by atoms with van der Waals surface area (Å²) in [5.74, 6) is -3.41. The Hall–Kier alpha value is -6.12. The van der Waals surface area contributed by atoms with Gasteiger partial charge in [-0.05, 0) is 75.9 Å². The Balaban J connectivity index is 1.45. The maximum absolute atomic E-state index is 12.1. The van der Waals surface area contributed by atoms with Gasteiger partial charge in [0.1, 0.15) is 0 Å². The summed E-state index contributed by atoms with van der Waals surface area (Å²) in [6.07, 6.45) is -3.98. The molecule has 0 saturated heterocycles. The number of ether oxygens (including phenoxy) is 3. The Morgan fingerprint density at radius 3 is 1.15 bits per heavy atom. The number of carbonyl (C=O) groups is 6. The molecule has 3 aromatic carbocycles. The summed E-state index contributed by atoms with van der Waals surface area (Å²) >= 11 is 0. The molecule has 3 rings (SSSR count). The largest absolute Gasteiger partial charge is 0.549 e. The van der Waals surface area contributed by atoms with E-state index in [4.69, 9.17) is 14.2 Å². The molecule has 0 spiro atoms. The molecule has 0 aliphatic heterocycles. The molecule has 15 nitrogen and oxygen atoms in total. The van der Waals surface area contributed by atoms with Crippen LogP contribution in [0, 0.1) is 26.7 Å². The second kappa shape index (κ2) is 18.8. The third-order valence-corrected chi connectivity index (χ3v) is 6.25. The van der Waals surface area contributed by atoms with Gasteiger partial charge in [-0.25, -0.2) is 43.7 Å². The fourth-order valence-corrected chi connectivity index (χ4v) is 3.86. The van der Waals surface area contributed by atoms with E-state index in [1.54, 1.807) is 57.2 Å². The van der Waals surface area contributed by atoms with E-state index in [2.05, 4.69) is 29.3 Å². The van der Waals surface area contributed by atoms with E-state index in [0.717, 1.165) is 16.7 Å². The minimum atomic E-state index is -1.35. The molecule has 0 bridgehead atoms. The van der Waals surface area contributed by atoms with Gasteiger partial charge in [0.25, 0.3) is 0 Å². The van der Waals surface area contributed by atoms with E-state index >= 15 is 0 Å². The van der Waals surface area contributed by atoms with Crippen molar-refractivity contribution in [2.45, 2.75) is 33.6 Å². The predicted octanol–water partition coefficient (Wildman–Crippen LogP) is 6.08. The molecule has 0 aromatic heterocycles. The Bertz CT molecular complexity index is 1520. The molecule has 0 aliphatic carbocycles. The Morgan fingerprint density at radius 2 is 0.812 bits per heavy atom. The van der Waals surface area contributed by atoms with E-state index in [9.17, 15) is 28.8 Å². The summed E-state index contributed by atoms with van der Waals surface area (Å²) in [7, 11) is 0. The first-order chi connectivity index (χ1) is 23.0. The standard InChI is InChI=1S/C33H32O15/c1-21-7-4-10-25(17-21)28(34)43-46-31(37)40-15-13-24(20-42-33(39)48-45-30(36)27-12-6-9-23(3)19-27)14-16-41-32(38)47-44-29(35)26-11-5-8-22(2)18-26/h4-12,17-19,24H,13-16,20H2,1-3H3. The van der Waals surface area contributed by atoms with Crippen LogP contribution < -0.4 is 0 Å². The van der Waals surface area contributed by atoms with E-state index < -0.39 is 42.3 Å². The zero-order chi connectivity index (χ0) is 34.9. The van der Waals surface area contributed by atoms with Gasteiger partial charge in [0, 0.05) is 0 Å². The van der Waals surface area contributed by atoms with Crippen LogP contribution in [0.25, 0.3) is 0 Å². The summed E-state index contributed by atoms with van der Waals surface area (Å²) in [6, 6.07) is 19.1. The molecule has 0 N–H and O–H groups in total. The first-order valence-corrected chi connectivity index (χ1v) is 14.4. The zero-order valence-corrected chi connectivity index (χ0v) is 26.2. The summed E-state index contributed by atoms with van der Waals surface area (Å²) in [5.41, 5.74) is 2.80. The fourth-order valence-electron chi connectivity index (χ4n) is 3.86. The lowest BCUT2D eigenvalue weighted by atomic mass is 10.0. The van der Waals surface area contributed by atoms with Crippen molar-refractivity contribution in [3.8, 4) is 0 Å². The number of hydrogen-bond donors (Lipinski definition) is 0. The minimum Gasteiger partial charge on any atom is -0.432 e. The van der Waals surface area contributed by atoms with Gasteiger partial charge in [0.15, 0.2) is 0 Å². The Labute approximate surface area is 274 Å². The highest BCUT2D eigenvalue weighted by molar-refractivity contribution is 5.90. The number of carbonyl (C=O) groups excluding carboxylic acids is 6. The SMILES string of the molecule is Cc1cccc(C(=O)OOC(=O)OCCC(CCOC(=O)OOC(=O)c2cccc(C)c2)COC(=O)OOC(=O)c2cccc(C)c2)c1. The van der Waals surface area contributed by atoms with Crippen molar-refractivity contribution in [2.24, 2.45) is 5.92 Å². The van der Waals surface area contributed by atoms with Crippen molar-refractivity contribution >= 4 is 36.4 Å². The first kappa shape index (κ1) is 36.3. The Kier molecular flexibility index (Phi) is 14.2. The fraction of sp³-hybridized carbons (Fsp3) is 0.273. The van der Waals surface area contributed by atoms with Crippen molar-refractivity contribution < 1.29 is 72.3 Å². The van der Waals surface area contributed by atoms with Gasteiger partial charge >= 0.3 is 36.4 Å². The van der Waals surface area contributed by atoms with Crippen LogP contribution >= 0.6 is 0 Å². The van der Waals surface area contributed by atoms with Crippen molar-refractivity contribution in [2.75, 3.05) is 19.8 Å². The number of aryl methyl sites for hydroxylation is 3. The molecule has 0 amide bonds. The molecule has 3 aromatic rings. The molecule has 0 saturated carbocycles. The van der Waals surface area contributed by atoms with Crippen molar-refractivity contribution in [3.05, 3.63) is 106 Å². The third-order valence-electron chi connectivity index (χ3n) is 6.25. The number of benzene rings is 3. The van der Waals surface area contributed by atoms with E-state index in [-0.39, 0.29) is 49.4 Å². The first-order valence-electron chi connectivity index (χ1n) is 14.4. The quantitative estimate of drug-likeness (QED) is 0.0989. The van der Waals surface area contributed by atoms with E-state index in [1.807, 2.05) is 0 Å². The molecule has 254 valence electrons. The second-order valence-electron chi connectivity index (χ2n) is 10.2. The van der Waals surface area contributed by atoms with Crippen molar-refractivity contribution in [1.82, 2.24) is 0 Å². The van der Waals surface area contributed by atoms with Crippen LogP contribution in [0.5, 0.6) is 0 Å². The van der Waals surface area contributed by atoms with E-state index in [1.165, 1.54) is 36.4 Å². The van der Waals surface area contributed by atoms with Gasteiger partial charge in [0.2, 0.25) is 0 Å². The molecule has 0 heterocycles. The third kappa shape index (κ3) is 13.1. The highest BCUT2D eigenvalue weighted by atomic mass is 17.2. The minimum absolute atomic E-state index is 0.0119. The zero-order valence-electron chi connectivity index (χ0n) is 26.2. The molecule has 15 heteroatoms. The van der Waals surface area contributed by atoms with Crippen LogP contribution in [0.1, 0.15) is 60.6 Å². The van der Waals surface area contributed by atoms with Crippen molar-refractivity contribution in [1.29, 1.82) is 0 Å². The van der Waals surface area contributed by atoms with Gasteiger partial charge in [-0.15, -0.1) is 0 Å². The van der Waals surface area contributed by atoms with Gasteiger partial charge in [-0.2, -0.15) is 14.4 Å². The summed E-state index contributed by atoms with van der Waals surface area (Å²) < 4.78 is 14.8. The summed E-state index contributed by atoms with van der Waals surface area (Å²) in [5, 5.41) is 0. The van der Waals surface area contributed by atoms with Crippen LogP contribution in [0.15, 0.2) is 72.8 Å². The molecule has 0 aliphatic rings. The lowest BCUT2D eigenvalue weighted by molar-refractivity contribution is -0.206. The van der Waals surface area contributed by atoms with Crippen LogP contribution in [0.2, 0.25) is 0 Å². The molecule has 48 heavy (non-hydrogen) atoms. The summed E-state index contributed by atoms with van der Waals surface area (Å²) in [6.45, 7) is 4.28. The lowest BCUT2D eigenvalue weighted by Crippen LogP contribution is -2.21. The molecular formula is C33H32O15. The number of hydrogen-bond acceptors (Lipinski definition) is 15. The molecular weight excluding hydrogens is 636 g/mol. The molecule has 0 unspecified atom stereocenters. The van der Waals surface area contributed by atoms with E-state index in [0.29, 0.717) is 0 Å². The number of rotatable bonds is 11. The normalized spacial score (nSPS) is 10.2. The van der Waals surface area contributed by atoms with Crippen LogP contribution in [-0.4, -0.2) is 56.2 Å². The Morgan fingerprint density at radius 1 is 0.479 bits per heavy atom. The molecule has 0 fully saturated rings. The average molecular weight is 669 g/mol. The topological polar surface area (TPSA) is 185 Å².